The zero-order valence-electron chi connectivity index (χ0n) is 11.2. The minimum atomic E-state index is -1.51. The van der Waals surface area contributed by atoms with Crippen molar-refractivity contribution in [1.29, 1.82) is 0 Å². The Kier molecular flexibility index (Phi) is 8.12. The number of carboxylic acids is 2. The van der Waals surface area contributed by atoms with Gasteiger partial charge < -0.3 is 29.2 Å². The highest BCUT2D eigenvalue weighted by Crippen LogP contribution is 2.12. The van der Waals surface area contributed by atoms with Gasteiger partial charge in [-0.1, -0.05) is 0 Å². The molecule has 1 aliphatic heterocycles. The molecule has 0 aromatic carbocycles. The third-order valence-electron chi connectivity index (χ3n) is 2.72. The lowest BCUT2D eigenvalue weighted by atomic mass is 10.0. The summed E-state index contributed by atoms with van der Waals surface area (Å²) in [5, 5.41) is 17.7. The molecule has 1 heterocycles. The van der Waals surface area contributed by atoms with Crippen molar-refractivity contribution in [2.75, 3.05) is 46.2 Å². The molecule has 1 aliphatic rings. The van der Waals surface area contributed by atoms with Gasteiger partial charge >= 0.3 is 11.9 Å². The highest BCUT2D eigenvalue weighted by Gasteiger charge is 2.29. The highest BCUT2D eigenvalue weighted by molar-refractivity contribution is 5.92. The van der Waals surface area contributed by atoms with Crippen LogP contribution in [0.1, 0.15) is 6.42 Å². The Labute approximate surface area is 116 Å². The molecule has 0 aromatic heterocycles. The molecule has 0 radical (unpaired) electrons. The normalized spacial score (nSPS) is 22.8. The predicted molar refractivity (Wildman–Crippen MR) is 65.6 cm³/mol. The van der Waals surface area contributed by atoms with Crippen molar-refractivity contribution in [1.82, 2.24) is 0 Å². The first-order valence-electron chi connectivity index (χ1n) is 6.41. The highest BCUT2D eigenvalue weighted by atomic mass is 16.6. The van der Waals surface area contributed by atoms with Gasteiger partial charge in [0.25, 0.3) is 0 Å². The Morgan fingerprint density at radius 2 is 1.40 bits per heavy atom. The molecule has 1 atom stereocenters. The first-order valence-corrected chi connectivity index (χ1v) is 6.41. The van der Waals surface area contributed by atoms with Crippen LogP contribution in [0.5, 0.6) is 0 Å². The van der Waals surface area contributed by atoms with E-state index >= 15 is 0 Å². The van der Waals surface area contributed by atoms with Gasteiger partial charge in [0.2, 0.25) is 0 Å². The quantitative estimate of drug-likeness (QED) is 0.674. The first-order chi connectivity index (χ1) is 9.61. The van der Waals surface area contributed by atoms with E-state index in [0.29, 0.717) is 33.0 Å². The Morgan fingerprint density at radius 1 is 0.900 bits per heavy atom. The van der Waals surface area contributed by atoms with Crippen molar-refractivity contribution in [2.24, 2.45) is 5.92 Å². The van der Waals surface area contributed by atoms with E-state index < -0.39 is 24.0 Å². The molecule has 1 unspecified atom stereocenters. The number of aliphatic carboxylic acids is 2. The number of rotatable bonds is 4. The molecule has 0 spiro atoms. The van der Waals surface area contributed by atoms with Crippen LogP contribution in [0.2, 0.25) is 0 Å². The maximum atomic E-state index is 10.9. The fraction of sp³-hybridized carbons (Fsp3) is 0.833. The largest absolute Gasteiger partial charge is 0.481 e. The topological polar surface area (TPSA) is 112 Å². The van der Waals surface area contributed by atoms with Crippen LogP contribution in [0, 0.1) is 5.92 Å². The lowest BCUT2D eigenvalue weighted by Crippen LogP contribution is -2.33. The Bertz CT molecular complexity index is 280. The van der Waals surface area contributed by atoms with Gasteiger partial charge in [0.15, 0.2) is 5.92 Å². The van der Waals surface area contributed by atoms with Crippen LogP contribution in [0.25, 0.3) is 0 Å². The van der Waals surface area contributed by atoms with Crippen molar-refractivity contribution in [3.05, 3.63) is 0 Å². The molecule has 1 rings (SSSR count). The van der Waals surface area contributed by atoms with Gasteiger partial charge in [-0.25, -0.2) is 0 Å². The zero-order chi connectivity index (χ0) is 14.8. The molecule has 0 aromatic rings. The van der Waals surface area contributed by atoms with E-state index in [1.807, 2.05) is 0 Å². The van der Waals surface area contributed by atoms with Gasteiger partial charge in [0.1, 0.15) is 0 Å². The van der Waals surface area contributed by atoms with E-state index in [9.17, 15) is 9.59 Å². The number of ether oxygens (including phenoxy) is 4. The second-order valence-electron chi connectivity index (χ2n) is 4.26. The molecule has 1 saturated heterocycles. The second-order valence-corrected chi connectivity index (χ2v) is 4.26. The molecule has 1 fully saturated rings. The summed E-state index contributed by atoms with van der Waals surface area (Å²) in [6.07, 6.45) is -0.749. The number of hydrogen-bond donors (Lipinski definition) is 2. The molecule has 116 valence electrons. The van der Waals surface area contributed by atoms with Gasteiger partial charge in [-0.2, -0.15) is 0 Å². The summed E-state index contributed by atoms with van der Waals surface area (Å²) in [5.41, 5.74) is 0. The van der Waals surface area contributed by atoms with Crippen LogP contribution < -0.4 is 0 Å². The molecule has 8 heteroatoms. The van der Waals surface area contributed by atoms with E-state index in [1.165, 1.54) is 0 Å². The fourth-order valence-corrected chi connectivity index (χ4v) is 1.68. The first kappa shape index (κ1) is 16.8. The van der Waals surface area contributed by atoms with Gasteiger partial charge in [0.05, 0.1) is 52.4 Å². The monoisotopic (exact) mass is 292 g/mol. The summed E-state index contributed by atoms with van der Waals surface area (Å²) in [7, 11) is 0. The Morgan fingerprint density at radius 3 is 1.95 bits per heavy atom. The average Bonchev–Trinajstić information content (AvgIpc) is 2.37. The smallest absolute Gasteiger partial charge is 0.317 e. The van der Waals surface area contributed by atoms with Crippen LogP contribution in [-0.4, -0.2) is 74.5 Å². The summed E-state index contributed by atoms with van der Waals surface area (Å²) in [6.45, 7) is 2.38. The van der Waals surface area contributed by atoms with Gasteiger partial charge in [-0.05, 0) is 6.42 Å². The van der Waals surface area contributed by atoms with Crippen molar-refractivity contribution in [3.8, 4) is 0 Å². The van der Waals surface area contributed by atoms with Crippen molar-refractivity contribution in [3.63, 3.8) is 0 Å². The third kappa shape index (κ3) is 6.80. The lowest BCUT2D eigenvalue weighted by molar-refractivity contribution is -0.157. The van der Waals surface area contributed by atoms with Crippen LogP contribution in [-0.2, 0) is 28.5 Å². The van der Waals surface area contributed by atoms with Gasteiger partial charge in [0, 0.05) is 0 Å². The molecule has 2 N–H and O–H groups in total. The third-order valence-corrected chi connectivity index (χ3v) is 2.72. The predicted octanol–water partition coefficient (Wildman–Crippen LogP) is -0.389. The van der Waals surface area contributed by atoms with Crippen LogP contribution in [0.4, 0.5) is 0 Å². The maximum absolute atomic E-state index is 10.9. The SMILES string of the molecule is O=C(O)C(CC1COCCOCCOCCO1)C(=O)O. The van der Waals surface area contributed by atoms with Crippen LogP contribution in [0.3, 0.4) is 0 Å². The van der Waals surface area contributed by atoms with E-state index in [-0.39, 0.29) is 19.6 Å². The fourth-order valence-electron chi connectivity index (χ4n) is 1.68. The molecule has 0 amide bonds. The maximum Gasteiger partial charge on any atom is 0.317 e. The van der Waals surface area contributed by atoms with Crippen LogP contribution >= 0.6 is 0 Å². The molecule has 20 heavy (non-hydrogen) atoms. The average molecular weight is 292 g/mol. The van der Waals surface area contributed by atoms with E-state index in [0.717, 1.165) is 0 Å². The van der Waals surface area contributed by atoms with Gasteiger partial charge in [-0.15, -0.1) is 0 Å². The van der Waals surface area contributed by atoms with Crippen molar-refractivity contribution < 1.29 is 38.7 Å². The number of carboxylic acid groups (broad SMARTS) is 2. The molecule has 8 nitrogen and oxygen atoms in total. The summed E-state index contributed by atoms with van der Waals surface area (Å²) >= 11 is 0. The number of hydrogen-bond acceptors (Lipinski definition) is 6. The Balaban J connectivity index is 2.48. The molecule has 0 saturated carbocycles. The minimum absolute atomic E-state index is 0.125. The molecule has 0 aliphatic carbocycles. The minimum Gasteiger partial charge on any atom is -0.481 e. The molecule has 0 bridgehead atoms. The number of carbonyl (C=O) groups is 2. The van der Waals surface area contributed by atoms with Gasteiger partial charge in [-0.3, -0.25) is 9.59 Å². The molecular formula is C12H20O8. The lowest BCUT2D eigenvalue weighted by Gasteiger charge is -2.20. The zero-order valence-corrected chi connectivity index (χ0v) is 11.2. The van der Waals surface area contributed by atoms with Crippen molar-refractivity contribution in [2.45, 2.75) is 12.5 Å². The van der Waals surface area contributed by atoms with E-state index in [4.69, 9.17) is 29.2 Å². The van der Waals surface area contributed by atoms with E-state index in [2.05, 4.69) is 0 Å². The molecular weight excluding hydrogens is 272 g/mol. The summed E-state index contributed by atoms with van der Waals surface area (Å²) < 4.78 is 21.2. The Hall–Kier alpha value is -1.22. The standard InChI is InChI=1S/C12H20O8/c13-11(14)10(12(15)16)7-9-8-19-4-3-17-1-2-18-5-6-20-9/h9-10H,1-8H2,(H,13,14)(H,15,16). The van der Waals surface area contributed by atoms with E-state index in [1.54, 1.807) is 0 Å². The summed E-state index contributed by atoms with van der Waals surface area (Å²) in [6, 6.07) is 0. The van der Waals surface area contributed by atoms with Crippen LogP contribution in [0.15, 0.2) is 0 Å². The summed E-state index contributed by atoms with van der Waals surface area (Å²) in [5.74, 6) is -4.27. The second kappa shape index (κ2) is 9.65. The van der Waals surface area contributed by atoms with Crippen molar-refractivity contribution >= 4 is 11.9 Å². The summed E-state index contributed by atoms with van der Waals surface area (Å²) in [4.78, 5) is 21.7.